The van der Waals surface area contributed by atoms with Crippen LogP contribution in [0.5, 0.6) is 5.75 Å². The van der Waals surface area contributed by atoms with Gasteiger partial charge >= 0.3 is 0 Å². The van der Waals surface area contributed by atoms with Crippen LogP contribution in [0.15, 0.2) is 24.3 Å². The van der Waals surface area contributed by atoms with Crippen LogP contribution in [0.4, 0.5) is 0 Å². The van der Waals surface area contributed by atoms with E-state index < -0.39 is 5.41 Å². The Kier molecular flexibility index (Phi) is 4.83. The highest BCUT2D eigenvalue weighted by Crippen LogP contribution is 2.46. The monoisotopic (exact) mass is 290 g/mol. The van der Waals surface area contributed by atoms with Gasteiger partial charge in [0.15, 0.2) is 0 Å². The van der Waals surface area contributed by atoms with Crippen molar-refractivity contribution in [3.63, 3.8) is 0 Å². The zero-order valence-electron chi connectivity index (χ0n) is 12.6. The molecule has 5 heteroatoms. The van der Waals surface area contributed by atoms with Gasteiger partial charge in [0, 0.05) is 13.1 Å². The van der Waals surface area contributed by atoms with Crippen molar-refractivity contribution in [2.45, 2.75) is 32.7 Å². The van der Waals surface area contributed by atoms with Crippen molar-refractivity contribution in [3.8, 4) is 5.75 Å². The third kappa shape index (κ3) is 3.54. The summed E-state index contributed by atoms with van der Waals surface area (Å²) in [5, 5.41) is 5.67. The molecular formula is C16H22N2O3. The Morgan fingerprint density at radius 3 is 2.29 bits per heavy atom. The van der Waals surface area contributed by atoms with Crippen molar-refractivity contribution >= 4 is 11.8 Å². The first-order valence-corrected chi connectivity index (χ1v) is 7.32. The largest absolute Gasteiger partial charge is 0.497 e. The Morgan fingerprint density at radius 2 is 1.76 bits per heavy atom. The highest BCUT2D eigenvalue weighted by molar-refractivity contribution is 6.07. The summed E-state index contributed by atoms with van der Waals surface area (Å²) in [6.45, 7) is 3.03. The molecule has 0 spiro atoms. The minimum absolute atomic E-state index is 0.142. The molecule has 0 aliphatic heterocycles. The van der Waals surface area contributed by atoms with Crippen LogP contribution in [0.1, 0.15) is 31.7 Å². The fraction of sp³-hybridized carbons (Fsp3) is 0.500. The van der Waals surface area contributed by atoms with E-state index in [9.17, 15) is 9.59 Å². The predicted octanol–water partition coefficient (Wildman–Crippen LogP) is 1.62. The third-order valence-corrected chi connectivity index (χ3v) is 3.77. The van der Waals surface area contributed by atoms with Crippen molar-refractivity contribution in [1.29, 1.82) is 0 Å². The van der Waals surface area contributed by atoms with Gasteiger partial charge < -0.3 is 15.4 Å². The summed E-state index contributed by atoms with van der Waals surface area (Å²) in [6, 6.07) is 7.50. The molecule has 0 radical (unpaired) electrons. The van der Waals surface area contributed by atoms with Crippen LogP contribution in [0.3, 0.4) is 0 Å². The zero-order chi connectivity index (χ0) is 15.3. The van der Waals surface area contributed by atoms with Crippen LogP contribution in [0, 0.1) is 5.41 Å². The molecule has 0 unspecified atom stereocenters. The average molecular weight is 290 g/mol. The number of hydrogen-bond acceptors (Lipinski definition) is 3. The Morgan fingerprint density at radius 1 is 1.14 bits per heavy atom. The highest BCUT2D eigenvalue weighted by atomic mass is 16.5. The lowest BCUT2D eigenvalue weighted by Gasteiger charge is -2.15. The molecule has 1 saturated carbocycles. The third-order valence-electron chi connectivity index (χ3n) is 3.77. The van der Waals surface area contributed by atoms with Gasteiger partial charge in [-0.25, -0.2) is 0 Å². The fourth-order valence-corrected chi connectivity index (χ4v) is 2.18. The molecule has 2 amide bonds. The minimum Gasteiger partial charge on any atom is -0.497 e. The van der Waals surface area contributed by atoms with E-state index in [0.717, 1.165) is 17.7 Å². The number of methoxy groups -OCH3 is 1. The minimum atomic E-state index is -0.832. The van der Waals surface area contributed by atoms with E-state index >= 15 is 0 Å². The molecule has 0 saturated heterocycles. The summed E-state index contributed by atoms with van der Waals surface area (Å²) >= 11 is 0. The maximum atomic E-state index is 12.2. The van der Waals surface area contributed by atoms with E-state index in [1.807, 2.05) is 31.2 Å². The number of hydrogen-bond donors (Lipinski definition) is 2. The molecule has 0 bridgehead atoms. The number of carbonyl (C=O) groups is 2. The summed E-state index contributed by atoms with van der Waals surface area (Å²) in [5.74, 6) is 0.464. The second-order valence-corrected chi connectivity index (χ2v) is 5.37. The normalized spacial score (nSPS) is 15.1. The van der Waals surface area contributed by atoms with Gasteiger partial charge in [0.1, 0.15) is 11.2 Å². The van der Waals surface area contributed by atoms with E-state index in [-0.39, 0.29) is 11.8 Å². The quantitative estimate of drug-likeness (QED) is 0.750. The maximum Gasteiger partial charge on any atom is 0.235 e. The number of ether oxygens (including phenoxy) is 1. The first kappa shape index (κ1) is 15.4. The lowest BCUT2D eigenvalue weighted by molar-refractivity contribution is -0.137. The van der Waals surface area contributed by atoms with Gasteiger partial charge in [-0.15, -0.1) is 0 Å². The fourth-order valence-electron chi connectivity index (χ4n) is 2.18. The molecule has 114 valence electrons. The molecule has 1 aliphatic rings. The van der Waals surface area contributed by atoms with Crippen LogP contribution < -0.4 is 15.4 Å². The van der Waals surface area contributed by atoms with Gasteiger partial charge in [-0.3, -0.25) is 9.59 Å². The number of nitrogens with one attached hydrogen (secondary N) is 2. The summed E-state index contributed by atoms with van der Waals surface area (Å²) in [7, 11) is 1.61. The molecular weight excluding hydrogens is 268 g/mol. The Hall–Kier alpha value is -2.04. The molecule has 5 nitrogen and oxygen atoms in total. The molecule has 0 atom stereocenters. The molecule has 2 N–H and O–H groups in total. The van der Waals surface area contributed by atoms with E-state index in [2.05, 4.69) is 10.6 Å². The molecule has 1 aromatic rings. The predicted molar refractivity (Wildman–Crippen MR) is 79.8 cm³/mol. The van der Waals surface area contributed by atoms with Crippen molar-refractivity contribution < 1.29 is 14.3 Å². The topological polar surface area (TPSA) is 67.4 Å². The van der Waals surface area contributed by atoms with Gasteiger partial charge in [0.25, 0.3) is 0 Å². The Bertz CT molecular complexity index is 507. The van der Waals surface area contributed by atoms with Crippen LogP contribution in [-0.4, -0.2) is 25.5 Å². The Balaban J connectivity index is 1.87. The molecule has 1 fully saturated rings. The van der Waals surface area contributed by atoms with Crippen molar-refractivity contribution in [2.24, 2.45) is 5.41 Å². The zero-order valence-corrected chi connectivity index (χ0v) is 12.6. The molecule has 1 aromatic carbocycles. The highest BCUT2D eigenvalue weighted by Gasteiger charge is 2.56. The van der Waals surface area contributed by atoms with E-state index in [0.29, 0.717) is 25.9 Å². The van der Waals surface area contributed by atoms with Gasteiger partial charge in [-0.1, -0.05) is 19.1 Å². The van der Waals surface area contributed by atoms with Gasteiger partial charge in [-0.2, -0.15) is 0 Å². The maximum absolute atomic E-state index is 12.2. The summed E-state index contributed by atoms with van der Waals surface area (Å²) in [6.07, 6.45) is 2.14. The van der Waals surface area contributed by atoms with Crippen LogP contribution >= 0.6 is 0 Å². The standard InChI is InChI=1S/C16H22N2O3/c1-3-10-17-14(19)16(8-9-16)15(20)18-11-12-4-6-13(21-2)7-5-12/h4-7H,3,8-11H2,1-2H3,(H,17,19)(H,18,20). The first-order chi connectivity index (χ1) is 10.1. The summed E-state index contributed by atoms with van der Waals surface area (Å²) < 4.78 is 5.09. The van der Waals surface area contributed by atoms with Crippen molar-refractivity contribution in [1.82, 2.24) is 10.6 Å². The summed E-state index contributed by atoms with van der Waals surface area (Å²) in [5.41, 5.74) is 0.149. The van der Waals surface area contributed by atoms with E-state index in [1.54, 1.807) is 7.11 Å². The second-order valence-electron chi connectivity index (χ2n) is 5.37. The molecule has 0 aromatic heterocycles. The van der Waals surface area contributed by atoms with E-state index in [1.165, 1.54) is 0 Å². The SMILES string of the molecule is CCCNC(=O)C1(C(=O)NCc2ccc(OC)cc2)CC1. The number of amides is 2. The number of benzene rings is 1. The van der Waals surface area contributed by atoms with Gasteiger partial charge in [0.05, 0.1) is 7.11 Å². The number of carbonyl (C=O) groups excluding carboxylic acids is 2. The Labute approximate surface area is 125 Å². The second kappa shape index (κ2) is 6.61. The lowest BCUT2D eigenvalue weighted by Crippen LogP contribution is -2.43. The lowest BCUT2D eigenvalue weighted by atomic mass is 10.0. The van der Waals surface area contributed by atoms with Crippen LogP contribution in [0.2, 0.25) is 0 Å². The van der Waals surface area contributed by atoms with Gasteiger partial charge in [0.2, 0.25) is 11.8 Å². The van der Waals surface area contributed by atoms with Crippen LogP contribution in [0.25, 0.3) is 0 Å². The molecule has 2 rings (SSSR count). The average Bonchev–Trinajstić information content (AvgIpc) is 3.32. The first-order valence-electron chi connectivity index (χ1n) is 7.32. The van der Waals surface area contributed by atoms with Crippen LogP contribution in [-0.2, 0) is 16.1 Å². The van der Waals surface area contributed by atoms with Crippen molar-refractivity contribution in [2.75, 3.05) is 13.7 Å². The van der Waals surface area contributed by atoms with Gasteiger partial charge in [-0.05, 0) is 37.0 Å². The molecule has 0 heterocycles. The molecule has 21 heavy (non-hydrogen) atoms. The molecule has 1 aliphatic carbocycles. The summed E-state index contributed by atoms with van der Waals surface area (Å²) in [4.78, 5) is 24.3. The van der Waals surface area contributed by atoms with Crippen molar-refractivity contribution in [3.05, 3.63) is 29.8 Å². The smallest absolute Gasteiger partial charge is 0.235 e. The van der Waals surface area contributed by atoms with E-state index in [4.69, 9.17) is 4.74 Å². The number of rotatable bonds is 7.